The highest BCUT2D eigenvalue weighted by Crippen LogP contribution is 2.33. The lowest BCUT2D eigenvalue weighted by Crippen LogP contribution is -2.39. The lowest BCUT2D eigenvalue weighted by atomic mass is 10.1. The summed E-state index contributed by atoms with van der Waals surface area (Å²) in [5, 5.41) is 4.16. The van der Waals surface area contributed by atoms with Gasteiger partial charge in [-0.25, -0.2) is 0 Å². The third kappa shape index (κ3) is 2.61. The topological polar surface area (TPSA) is 54.5 Å². The van der Waals surface area contributed by atoms with Gasteiger partial charge in [-0.1, -0.05) is 30.3 Å². The molecule has 3 aromatic rings. The standard InChI is InChI=1S/C21H19N3O2/c25-21-19-11-15(26-20-8-4-3-7-18(20)23-21)13-24(19)12-14-9-10-22-17-6-2-1-5-16(14)17/h1-10,15,19H,11-13H2,(H,23,25). The van der Waals surface area contributed by atoms with Gasteiger partial charge in [0.1, 0.15) is 11.9 Å². The molecule has 2 bridgehead atoms. The molecule has 5 nitrogen and oxygen atoms in total. The number of rotatable bonds is 2. The summed E-state index contributed by atoms with van der Waals surface area (Å²) in [6.07, 6.45) is 2.58. The molecule has 1 aromatic heterocycles. The molecule has 2 atom stereocenters. The van der Waals surface area contributed by atoms with Gasteiger partial charge in [-0.15, -0.1) is 0 Å². The molecule has 2 unspecified atom stereocenters. The van der Waals surface area contributed by atoms with E-state index in [9.17, 15) is 4.79 Å². The second-order valence-electron chi connectivity index (χ2n) is 6.89. The zero-order valence-corrected chi connectivity index (χ0v) is 14.3. The van der Waals surface area contributed by atoms with Gasteiger partial charge in [0.15, 0.2) is 0 Å². The Morgan fingerprint density at radius 1 is 1.12 bits per heavy atom. The van der Waals surface area contributed by atoms with Crippen LogP contribution in [0.1, 0.15) is 12.0 Å². The maximum Gasteiger partial charge on any atom is 0.241 e. The van der Waals surface area contributed by atoms with E-state index in [-0.39, 0.29) is 18.1 Å². The number of hydrogen-bond donors (Lipinski definition) is 1. The van der Waals surface area contributed by atoms with Gasteiger partial charge in [0, 0.05) is 31.1 Å². The van der Waals surface area contributed by atoms with E-state index in [2.05, 4.69) is 21.3 Å². The minimum Gasteiger partial charge on any atom is -0.487 e. The van der Waals surface area contributed by atoms with Crippen LogP contribution in [-0.4, -0.2) is 34.5 Å². The molecule has 2 aromatic carbocycles. The molecule has 3 heterocycles. The van der Waals surface area contributed by atoms with Crippen LogP contribution in [-0.2, 0) is 11.3 Å². The first-order chi connectivity index (χ1) is 12.8. The van der Waals surface area contributed by atoms with Crippen molar-refractivity contribution in [2.45, 2.75) is 25.1 Å². The maximum absolute atomic E-state index is 12.8. The zero-order chi connectivity index (χ0) is 17.5. The van der Waals surface area contributed by atoms with Crippen molar-refractivity contribution in [2.75, 3.05) is 11.9 Å². The van der Waals surface area contributed by atoms with Crippen molar-refractivity contribution < 1.29 is 9.53 Å². The number of nitrogens with one attached hydrogen (secondary N) is 1. The first-order valence-corrected chi connectivity index (χ1v) is 8.91. The highest BCUT2D eigenvalue weighted by molar-refractivity contribution is 5.96. The number of anilines is 1. The molecule has 0 aliphatic carbocycles. The number of ether oxygens (including phenoxy) is 1. The van der Waals surface area contributed by atoms with E-state index in [1.807, 2.05) is 54.7 Å². The Bertz CT molecular complexity index is 982. The number of aromatic nitrogens is 1. The summed E-state index contributed by atoms with van der Waals surface area (Å²) in [7, 11) is 0. The quantitative estimate of drug-likeness (QED) is 0.775. The van der Waals surface area contributed by atoms with Crippen molar-refractivity contribution in [2.24, 2.45) is 0 Å². The Balaban J connectivity index is 1.46. The molecule has 5 heteroatoms. The Kier molecular flexibility index (Phi) is 3.60. The van der Waals surface area contributed by atoms with Gasteiger partial charge in [0.05, 0.1) is 17.2 Å². The number of fused-ring (bicyclic) bond motifs is 4. The van der Waals surface area contributed by atoms with E-state index in [4.69, 9.17) is 4.74 Å². The predicted octanol–water partition coefficient (Wildman–Crippen LogP) is 3.21. The van der Waals surface area contributed by atoms with Crippen LogP contribution in [0.25, 0.3) is 10.9 Å². The van der Waals surface area contributed by atoms with Crippen LogP contribution in [0.15, 0.2) is 60.8 Å². The molecule has 26 heavy (non-hydrogen) atoms. The van der Waals surface area contributed by atoms with Crippen molar-refractivity contribution in [3.8, 4) is 5.75 Å². The number of para-hydroxylation sites is 3. The minimum atomic E-state index is -0.180. The van der Waals surface area contributed by atoms with Crippen molar-refractivity contribution in [3.05, 3.63) is 66.4 Å². The molecule has 0 spiro atoms. The molecule has 1 fully saturated rings. The Morgan fingerprint density at radius 2 is 1.96 bits per heavy atom. The van der Waals surface area contributed by atoms with Crippen molar-refractivity contribution >= 4 is 22.5 Å². The molecule has 1 amide bonds. The number of amides is 1. The normalized spacial score (nSPS) is 22.2. The summed E-state index contributed by atoms with van der Waals surface area (Å²) in [6, 6.07) is 17.6. The summed E-state index contributed by atoms with van der Waals surface area (Å²) in [6.45, 7) is 1.44. The fourth-order valence-corrected chi connectivity index (χ4v) is 3.97. The van der Waals surface area contributed by atoms with Crippen LogP contribution in [0, 0.1) is 0 Å². The van der Waals surface area contributed by atoms with E-state index >= 15 is 0 Å². The third-order valence-electron chi connectivity index (χ3n) is 5.22. The largest absolute Gasteiger partial charge is 0.487 e. The molecule has 5 rings (SSSR count). The third-order valence-corrected chi connectivity index (χ3v) is 5.22. The van der Waals surface area contributed by atoms with E-state index in [0.717, 1.165) is 28.9 Å². The number of likely N-dealkylation sites (tertiary alicyclic amines) is 1. The van der Waals surface area contributed by atoms with E-state index in [1.54, 1.807) is 0 Å². The maximum atomic E-state index is 12.8. The number of nitrogens with zero attached hydrogens (tertiary/aromatic N) is 2. The SMILES string of the molecule is O=C1Nc2ccccc2OC2CC1N(Cc1ccnc3ccccc13)C2. The molecule has 1 saturated heterocycles. The first-order valence-electron chi connectivity index (χ1n) is 8.91. The van der Waals surface area contributed by atoms with Crippen LogP contribution in [0.3, 0.4) is 0 Å². The molecule has 1 N–H and O–H groups in total. The highest BCUT2D eigenvalue weighted by atomic mass is 16.5. The minimum absolute atomic E-state index is 0.0281. The van der Waals surface area contributed by atoms with E-state index < -0.39 is 0 Å². The molecule has 2 aliphatic rings. The summed E-state index contributed by atoms with van der Waals surface area (Å²) in [5.74, 6) is 0.794. The fourth-order valence-electron chi connectivity index (χ4n) is 3.97. The zero-order valence-electron chi connectivity index (χ0n) is 14.3. The lowest BCUT2D eigenvalue weighted by Gasteiger charge is -2.24. The predicted molar refractivity (Wildman–Crippen MR) is 100 cm³/mol. The van der Waals surface area contributed by atoms with Gasteiger partial charge in [-0.3, -0.25) is 14.7 Å². The van der Waals surface area contributed by atoms with E-state index in [0.29, 0.717) is 13.0 Å². The number of carbonyl (C=O) groups excluding carboxylic acids is 1. The van der Waals surface area contributed by atoms with Crippen LogP contribution in [0.5, 0.6) is 5.75 Å². The molecular weight excluding hydrogens is 326 g/mol. The van der Waals surface area contributed by atoms with Gasteiger partial charge in [0.2, 0.25) is 5.91 Å². The first kappa shape index (κ1) is 15.3. The Labute approximate surface area is 151 Å². The van der Waals surface area contributed by atoms with Crippen molar-refractivity contribution in [1.82, 2.24) is 9.88 Å². The second kappa shape index (κ2) is 6.11. The lowest BCUT2D eigenvalue weighted by molar-refractivity contribution is -0.120. The molecule has 2 aliphatic heterocycles. The summed E-state index contributed by atoms with van der Waals surface area (Å²) < 4.78 is 6.16. The number of benzene rings is 2. The highest BCUT2D eigenvalue weighted by Gasteiger charge is 2.40. The average Bonchev–Trinajstić information content (AvgIpc) is 3.06. The average molecular weight is 345 g/mol. The summed E-state index contributed by atoms with van der Waals surface area (Å²) >= 11 is 0. The number of hydrogen-bond acceptors (Lipinski definition) is 4. The second-order valence-corrected chi connectivity index (χ2v) is 6.89. The van der Waals surface area contributed by atoms with Gasteiger partial charge in [0.25, 0.3) is 0 Å². The van der Waals surface area contributed by atoms with Gasteiger partial charge in [-0.05, 0) is 29.8 Å². The number of pyridine rings is 1. The van der Waals surface area contributed by atoms with Crippen LogP contribution >= 0.6 is 0 Å². The van der Waals surface area contributed by atoms with Gasteiger partial charge >= 0.3 is 0 Å². The molecule has 0 radical (unpaired) electrons. The molecule has 0 saturated carbocycles. The number of carbonyl (C=O) groups is 1. The smallest absolute Gasteiger partial charge is 0.241 e. The van der Waals surface area contributed by atoms with Crippen LogP contribution < -0.4 is 10.1 Å². The summed E-state index contributed by atoms with van der Waals surface area (Å²) in [4.78, 5) is 19.5. The van der Waals surface area contributed by atoms with Crippen LogP contribution in [0.2, 0.25) is 0 Å². The van der Waals surface area contributed by atoms with E-state index in [1.165, 1.54) is 5.56 Å². The van der Waals surface area contributed by atoms with Gasteiger partial charge < -0.3 is 10.1 Å². The van der Waals surface area contributed by atoms with Crippen molar-refractivity contribution in [1.29, 1.82) is 0 Å². The Hall–Kier alpha value is -2.92. The fraction of sp³-hybridized carbons (Fsp3) is 0.238. The van der Waals surface area contributed by atoms with Crippen LogP contribution in [0.4, 0.5) is 5.69 Å². The van der Waals surface area contributed by atoms with Gasteiger partial charge in [-0.2, -0.15) is 0 Å². The van der Waals surface area contributed by atoms with Crippen molar-refractivity contribution in [3.63, 3.8) is 0 Å². The molecular formula is C21H19N3O2. The Morgan fingerprint density at radius 3 is 2.92 bits per heavy atom. The molecule has 130 valence electrons. The summed E-state index contributed by atoms with van der Waals surface area (Å²) in [5.41, 5.74) is 2.92. The monoisotopic (exact) mass is 345 g/mol.